The Labute approximate surface area is 161 Å². The molecule has 0 saturated carbocycles. The Morgan fingerprint density at radius 1 is 1.14 bits per heavy atom. The Kier molecular flexibility index (Phi) is 4.46. The van der Waals surface area contributed by atoms with Gasteiger partial charge in [0.25, 0.3) is 0 Å². The minimum Gasteiger partial charge on any atom is -0.457 e. The van der Waals surface area contributed by atoms with Crippen molar-refractivity contribution < 1.29 is 13.7 Å². The van der Waals surface area contributed by atoms with Crippen LogP contribution in [0.3, 0.4) is 0 Å². The largest absolute Gasteiger partial charge is 0.457 e. The lowest BCUT2D eigenvalue weighted by molar-refractivity contribution is 0.00220. The number of pyridine rings is 1. The van der Waals surface area contributed by atoms with Crippen LogP contribution in [-0.2, 0) is 11.3 Å². The smallest absolute Gasteiger partial charge is 0.158 e. The lowest BCUT2D eigenvalue weighted by Crippen LogP contribution is -2.10. The van der Waals surface area contributed by atoms with Crippen molar-refractivity contribution in [2.24, 2.45) is 0 Å². The van der Waals surface area contributed by atoms with Gasteiger partial charge in [0.2, 0.25) is 0 Å². The maximum atomic E-state index is 5.95. The van der Waals surface area contributed by atoms with Crippen molar-refractivity contribution >= 4 is 0 Å². The van der Waals surface area contributed by atoms with Crippen LogP contribution in [-0.4, -0.2) is 31.7 Å². The van der Waals surface area contributed by atoms with Crippen molar-refractivity contribution in [2.45, 2.75) is 31.9 Å². The number of hydrogen-bond acceptors (Lipinski definition) is 7. The summed E-state index contributed by atoms with van der Waals surface area (Å²) in [6.07, 6.45) is 8.61. The van der Waals surface area contributed by atoms with Crippen molar-refractivity contribution in [3.05, 3.63) is 60.4 Å². The topological polar surface area (TPSA) is 92.0 Å². The highest BCUT2D eigenvalue weighted by Crippen LogP contribution is 2.31. The zero-order valence-electron chi connectivity index (χ0n) is 15.2. The van der Waals surface area contributed by atoms with E-state index in [1.54, 1.807) is 17.1 Å². The summed E-state index contributed by atoms with van der Waals surface area (Å²) in [5, 5.41) is 12.5. The van der Waals surface area contributed by atoms with Gasteiger partial charge in [0.05, 0.1) is 6.20 Å². The Balaban J connectivity index is 1.29. The molecule has 1 aliphatic heterocycles. The lowest BCUT2D eigenvalue weighted by Gasteiger charge is -2.20. The summed E-state index contributed by atoms with van der Waals surface area (Å²) in [7, 11) is 0. The van der Waals surface area contributed by atoms with Gasteiger partial charge >= 0.3 is 0 Å². The minimum absolute atomic E-state index is 0.0395. The standard InChI is InChI=1S/C20H19N5O3/c1-2-9-26-19(5-1)20-7-6-18(27-20)17-13-25(24-22-17)12-15-10-16(23-28-15)14-4-3-8-21-11-14/h3-4,6-8,10-11,13,19H,1-2,5,9,12H2/t19-/m1/s1. The van der Waals surface area contributed by atoms with Crippen molar-refractivity contribution in [1.29, 1.82) is 0 Å². The number of rotatable bonds is 5. The van der Waals surface area contributed by atoms with Gasteiger partial charge in [-0.15, -0.1) is 5.10 Å². The van der Waals surface area contributed by atoms with Crippen LogP contribution in [0.15, 0.2) is 57.9 Å². The molecular formula is C20H19N5O3. The second-order valence-electron chi connectivity index (χ2n) is 6.78. The third kappa shape index (κ3) is 3.46. The molecular weight excluding hydrogens is 358 g/mol. The molecule has 28 heavy (non-hydrogen) atoms. The molecule has 8 nitrogen and oxygen atoms in total. The third-order valence-corrected chi connectivity index (χ3v) is 4.75. The second-order valence-corrected chi connectivity index (χ2v) is 6.78. The highest BCUT2D eigenvalue weighted by atomic mass is 16.5. The van der Waals surface area contributed by atoms with Crippen LogP contribution in [0.2, 0.25) is 0 Å². The second kappa shape index (κ2) is 7.40. The quantitative estimate of drug-likeness (QED) is 0.521. The molecule has 4 aromatic rings. The highest BCUT2D eigenvalue weighted by molar-refractivity contribution is 5.57. The minimum atomic E-state index is 0.0395. The predicted molar refractivity (Wildman–Crippen MR) is 99.1 cm³/mol. The first-order chi connectivity index (χ1) is 13.8. The SMILES string of the molecule is c1cncc(-c2cc(Cn3cc(-c4ccc([C@H]5CCCCO5)o4)nn3)on2)c1. The van der Waals surface area contributed by atoms with E-state index in [1.165, 1.54) is 0 Å². The molecule has 0 amide bonds. The van der Waals surface area contributed by atoms with E-state index in [0.717, 1.165) is 42.9 Å². The number of furan rings is 1. The summed E-state index contributed by atoms with van der Waals surface area (Å²) < 4.78 is 18.8. The van der Waals surface area contributed by atoms with Gasteiger partial charge in [-0.3, -0.25) is 4.98 Å². The fraction of sp³-hybridized carbons (Fsp3) is 0.300. The Bertz CT molecular complexity index is 1050. The summed E-state index contributed by atoms with van der Waals surface area (Å²) in [6.45, 7) is 1.22. The molecule has 0 radical (unpaired) electrons. The van der Waals surface area contributed by atoms with Gasteiger partial charge in [0.15, 0.2) is 11.5 Å². The zero-order chi connectivity index (χ0) is 18.8. The highest BCUT2D eigenvalue weighted by Gasteiger charge is 2.20. The number of ether oxygens (including phenoxy) is 1. The lowest BCUT2D eigenvalue weighted by atomic mass is 10.1. The third-order valence-electron chi connectivity index (χ3n) is 4.75. The summed E-state index contributed by atoms with van der Waals surface area (Å²) in [6, 6.07) is 9.55. The predicted octanol–water partition coefficient (Wildman–Crippen LogP) is 3.88. The number of aromatic nitrogens is 5. The normalized spacial score (nSPS) is 17.1. The summed E-state index contributed by atoms with van der Waals surface area (Å²) >= 11 is 0. The molecule has 142 valence electrons. The molecule has 0 spiro atoms. The molecule has 0 N–H and O–H groups in total. The maximum absolute atomic E-state index is 5.95. The summed E-state index contributed by atoms with van der Waals surface area (Å²) in [5.74, 6) is 2.22. The van der Waals surface area contributed by atoms with Crippen LogP contribution < -0.4 is 0 Å². The molecule has 1 aliphatic rings. The molecule has 0 bridgehead atoms. The van der Waals surface area contributed by atoms with E-state index >= 15 is 0 Å². The molecule has 8 heteroatoms. The van der Waals surface area contributed by atoms with Gasteiger partial charge in [0, 0.05) is 30.6 Å². The van der Waals surface area contributed by atoms with Gasteiger partial charge in [0.1, 0.15) is 29.8 Å². The molecule has 0 aliphatic carbocycles. The Hall–Kier alpha value is -3.26. The molecule has 1 fully saturated rings. The fourth-order valence-electron chi connectivity index (χ4n) is 3.31. The van der Waals surface area contributed by atoms with Gasteiger partial charge in [-0.25, -0.2) is 4.68 Å². The van der Waals surface area contributed by atoms with Gasteiger partial charge in [-0.2, -0.15) is 0 Å². The fourth-order valence-corrected chi connectivity index (χ4v) is 3.31. The van der Waals surface area contributed by atoms with E-state index in [2.05, 4.69) is 20.5 Å². The molecule has 5 rings (SSSR count). The van der Waals surface area contributed by atoms with Crippen LogP contribution >= 0.6 is 0 Å². The average Bonchev–Trinajstić information content (AvgIpc) is 3.50. The molecule has 0 unspecified atom stereocenters. The first-order valence-corrected chi connectivity index (χ1v) is 9.33. The Morgan fingerprint density at radius 2 is 2.14 bits per heavy atom. The molecule has 5 heterocycles. The molecule has 4 aromatic heterocycles. The average molecular weight is 377 g/mol. The van der Waals surface area contributed by atoms with E-state index in [0.29, 0.717) is 23.8 Å². The van der Waals surface area contributed by atoms with Crippen LogP contribution in [0.5, 0.6) is 0 Å². The molecule has 0 aromatic carbocycles. The van der Waals surface area contributed by atoms with Gasteiger partial charge in [-0.05, 0) is 43.5 Å². The molecule has 1 saturated heterocycles. The van der Waals surface area contributed by atoms with Gasteiger partial charge < -0.3 is 13.7 Å². The van der Waals surface area contributed by atoms with Crippen molar-refractivity contribution in [3.63, 3.8) is 0 Å². The van der Waals surface area contributed by atoms with Crippen LogP contribution in [0.4, 0.5) is 0 Å². The first-order valence-electron chi connectivity index (χ1n) is 9.33. The van der Waals surface area contributed by atoms with E-state index < -0.39 is 0 Å². The van der Waals surface area contributed by atoms with E-state index in [1.807, 2.05) is 36.5 Å². The van der Waals surface area contributed by atoms with Crippen LogP contribution in [0, 0.1) is 0 Å². The number of hydrogen-bond donors (Lipinski definition) is 0. The maximum Gasteiger partial charge on any atom is 0.158 e. The van der Waals surface area contributed by atoms with Crippen LogP contribution in [0.25, 0.3) is 22.7 Å². The van der Waals surface area contributed by atoms with Crippen LogP contribution in [0.1, 0.15) is 36.9 Å². The Morgan fingerprint density at radius 3 is 3.00 bits per heavy atom. The number of nitrogens with zero attached hydrogens (tertiary/aromatic N) is 5. The molecule has 1 atom stereocenters. The van der Waals surface area contributed by atoms with Gasteiger partial charge in [-0.1, -0.05) is 10.4 Å². The van der Waals surface area contributed by atoms with Crippen molar-refractivity contribution in [3.8, 4) is 22.7 Å². The first kappa shape index (κ1) is 16.9. The summed E-state index contributed by atoms with van der Waals surface area (Å²) in [5.41, 5.74) is 2.32. The summed E-state index contributed by atoms with van der Waals surface area (Å²) in [4.78, 5) is 4.10. The van der Waals surface area contributed by atoms with Crippen molar-refractivity contribution in [2.75, 3.05) is 6.61 Å². The van der Waals surface area contributed by atoms with E-state index in [4.69, 9.17) is 13.7 Å². The van der Waals surface area contributed by atoms with E-state index in [9.17, 15) is 0 Å². The zero-order valence-corrected chi connectivity index (χ0v) is 15.2. The van der Waals surface area contributed by atoms with Crippen molar-refractivity contribution in [1.82, 2.24) is 25.1 Å². The monoisotopic (exact) mass is 377 g/mol. The van der Waals surface area contributed by atoms with E-state index in [-0.39, 0.29) is 6.10 Å².